The second-order valence-electron chi connectivity index (χ2n) is 5.85. The van der Waals surface area contributed by atoms with E-state index >= 15 is 0 Å². The molecule has 2 aromatic carbocycles. The smallest absolute Gasteiger partial charge is 0.263 e. The third-order valence-corrected chi connectivity index (χ3v) is 4.36. The number of carbonyl (C=O) groups excluding carboxylic acids is 1. The van der Waals surface area contributed by atoms with Crippen LogP contribution in [0.15, 0.2) is 60.7 Å². The van der Waals surface area contributed by atoms with Crippen molar-refractivity contribution in [3.63, 3.8) is 0 Å². The molecule has 0 radical (unpaired) electrons. The minimum atomic E-state index is -0.532. The zero-order valence-electron chi connectivity index (χ0n) is 13.6. The van der Waals surface area contributed by atoms with E-state index in [1.54, 1.807) is 25.1 Å². The molecule has 0 bridgehead atoms. The molecule has 4 heteroatoms. The normalized spacial score (nSPS) is 15.6. The highest BCUT2D eigenvalue weighted by atomic mass is 35.5. The van der Waals surface area contributed by atoms with Crippen LogP contribution < -0.4 is 4.74 Å². The molecule has 0 saturated carbocycles. The fraction of sp³-hybridized carbons (Fsp3) is 0.250. The second kappa shape index (κ2) is 7.54. The molecule has 124 valence electrons. The maximum absolute atomic E-state index is 12.6. The molecule has 3 nitrogen and oxygen atoms in total. The summed E-state index contributed by atoms with van der Waals surface area (Å²) in [5, 5.41) is 0.598. The van der Waals surface area contributed by atoms with Gasteiger partial charge in [0.25, 0.3) is 5.91 Å². The maximum Gasteiger partial charge on any atom is 0.263 e. The molecule has 1 aliphatic heterocycles. The lowest BCUT2D eigenvalue weighted by Crippen LogP contribution is -2.42. The number of carbonyl (C=O) groups is 1. The molecule has 0 spiro atoms. The minimum absolute atomic E-state index is 0.00154. The third-order valence-electron chi connectivity index (χ3n) is 4.12. The van der Waals surface area contributed by atoms with Gasteiger partial charge < -0.3 is 9.64 Å². The van der Waals surface area contributed by atoms with Crippen LogP contribution in [0.2, 0.25) is 5.02 Å². The second-order valence-corrected chi connectivity index (χ2v) is 6.28. The van der Waals surface area contributed by atoms with Crippen LogP contribution in [0.5, 0.6) is 5.75 Å². The number of nitrogens with zero attached hydrogens (tertiary/aromatic N) is 1. The number of benzene rings is 2. The van der Waals surface area contributed by atoms with Crippen molar-refractivity contribution < 1.29 is 9.53 Å². The van der Waals surface area contributed by atoms with Crippen LogP contribution in [0.25, 0.3) is 5.57 Å². The van der Waals surface area contributed by atoms with Gasteiger partial charge in [-0.1, -0.05) is 54.1 Å². The van der Waals surface area contributed by atoms with Gasteiger partial charge in [-0.2, -0.15) is 0 Å². The van der Waals surface area contributed by atoms with Gasteiger partial charge in [0.05, 0.1) is 0 Å². The molecule has 0 saturated heterocycles. The molecule has 2 aromatic rings. The highest BCUT2D eigenvalue weighted by Crippen LogP contribution is 2.23. The van der Waals surface area contributed by atoms with Gasteiger partial charge in [0.2, 0.25) is 0 Å². The molecule has 0 fully saturated rings. The van der Waals surface area contributed by atoms with Crippen molar-refractivity contribution in [3.8, 4) is 5.75 Å². The van der Waals surface area contributed by atoms with E-state index in [0.717, 1.165) is 6.42 Å². The monoisotopic (exact) mass is 341 g/mol. The SMILES string of the molecule is CC(Oc1cccc(Cl)c1)C(=O)N1CC=C(c2ccccc2)CC1. The summed E-state index contributed by atoms with van der Waals surface area (Å²) >= 11 is 5.95. The fourth-order valence-electron chi connectivity index (χ4n) is 2.84. The standard InChI is InChI=1S/C20H20ClNO2/c1-15(24-19-9-5-8-18(21)14-19)20(23)22-12-10-17(11-13-22)16-6-3-2-4-7-16/h2-10,14-15H,11-13H2,1H3. The number of halogens is 1. The highest BCUT2D eigenvalue weighted by molar-refractivity contribution is 6.30. The van der Waals surface area contributed by atoms with Gasteiger partial charge >= 0.3 is 0 Å². The quantitative estimate of drug-likeness (QED) is 0.823. The number of amides is 1. The highest BCUT2D eigenvalue weighted by Gasteiger charge is 2.24. The average Bonchev–Trinajstić information content (AvgIpc) is 2.62. The van der Waals surface area contributed by atoms with Crippen molar-refractivity contribution in [2.24, 2.45) is 0 Å². The lowest BCUT2D eigenvalue weighted by Gasteiger charge is -2.29. The third kappa shape index (κ3) is 3.98. The van der Waals surface area contributed by atoms with E-state index in [4.69, 9.17) is 16.3 Å². The van der Waals surface area contributed by atoms with Crippen molar-refractivity contribution >= 4 is 23.1 Å². The first-order chi connectivity index (χ1) is 11.6. The zero-order chi connectivity index (χ0) is 16.9. The summed E-state index contributed by atoms with van der Waals surface area (Å²) in [5.41, 5.74) is 2.52. The first-order valence-corrected chi connectivity index (χ1v) is 8.47. The Morgan fingerprint density at radius 2 is 1.96 bits per heavy atom. The molecule has 1 amide bonds. The van der Waals surface area contributed by atoms with E-state index < -0.39 is 6.10 Å². The van der Waals surface area contributed by atoms with Crippen LogP contribution in [0, 0.1) is 0 Å². The van der Waals surface area contributed by atoms with Gasteiger partial charge in [0.1, 0.15) is 5.75 Å². The summed E-state index contributed by atoms with van der Waals surface area (Å²) in [6, 6.07) is 17.4. The Balaban J connectivity index is 1.61. The summed E-state index contributed by atoms with van der Waals surface area (Å²) < 4.78 is 5.73. The van der Waals surface area contributed by atoms with Crippen molar-refractivity contribution in [2.45, 2.75) is 19.4 Å². The van der Waals surface area contributed by atoms with Gasteiger partial charge in [-0.15, -0.1) is 0 Å². The Bertz CT molecular complexity index is 742. The van der Waals surface area contributed by atoms with Crippen LogP contribution in [0.4, 0.5) is 0 Å². The summed E-state index contributed by atoms with van der Waals surface area (Å²) in [7, 11) is 0. The zero-order valence-corrected chi connectivity index (χ0v) is 14.4. The van der Waals surface area contributed by atoms with Crippen LogP contribution in [0.3, 0.4) is 0 Å². The average molecular weight is 342 g/mol. The lowest BCUT2D eigenvalue weighted by molar-refractivity contribution is -0.137. The Kier molecular flexibility index (Phi) is 5.21. The summed E-state index contributed by atoms with van der Waals surface area (Å²) in [6.07, 6.45) is 2.46. The first kappa shape index (κ1) is 16.6. The van der Waals surface area contributed by atoms with E-state index in [1.165, 1.54) is 11.1 Å². The largest absolute Gasteiger partial charge is 0.481 e. The molecule has 1 atom stereocenters. The molecule has 3 rings (SSSR count). The topological polar surface area (TPSA) is 29.5 Å². The molecular weight excluding hydrogens is 322 g/mol. The summed E-state index contributed by atoms with van der Waals surface area (Å²) in [6.45, 7) is 3.11. The Hall–Kier alpha value is -2.26. The van der Waals surface area contributed by atoms with Gasteiger partial charge in [-0.3, -0.25) is 4.79 Å². The van der Waals surface area contributed by atoms with E-state index in [-0.39, 0.29) is 5.91 Å². The fourth-order valence-corrected chi connectivity index (χ4v) is 3.02. The molecule has 0 aromatic heterocycles. The predicted molar refractivity (Wildman–Crippen MR) is 97.2 cm³/mol. The summed E-state index contributed by atoms with van der Waals surface area (Å²) in [4.78, 5) is 14.4. The number of ether oxygens (including phenoxy) is 1. The van der Waals surface area contributed by atoms with Gasteiger partial charge in [-0.25, -0.2) is 0 Å². The molecule has 0 aliphatic carbocycles. The molecular formula is C20H20ClNO2. The first-order valence-electron chi connectivity index (χ1n) is 8.09. The molecule has 1 aliphatic rings. The number of hydrogen-bond donors (Lipinski definition) is 0. The van der Waals surface area contributed by atoms with Crippen LogP contribution in [0.1, 0.15) is 18.9 Å². The molecule has 24 heavy (non-hydrogen) atoms. The van der Waals surface area contributed by atoms with Crippen LogP contribution >= 0.6 is 11.6 Å². The van der Waals surface area contributed by atoms with Gasteiger partial charge in [0.15, 0.2) is 6.10 Å². The van der Waals surface area contributed by atoms with Crippen molar-refractivity contribution in [1.82, 2.24) is 4.90 Å². The van der Waals surface area contributed by atoms with Crippen molar-refractivity contribution in [3.05, 3.63) is 71.3 Å². The number of hydrogen-bond acceptors (Lipinski definition) is 2. The molecule has 1 heterocycles. The van der Waals surface area contributed by atoms with E-state index in [0.29, 0.717) is 23.9 Å². The van der Waals surface area contributed by atoms with E-state index in [1.807, 2.05) is 29.2 Å². The van der Waals surface area contributed by atoms with Crippen LogP contribution in [-0.4, -0.2) is 30.0 Å². The van der Waals surface area contributed by atoms with Gasteiger partial charge in [0, 0.05) is 18.1 Å². The van der Waals surface area contributed by atoms with Crippen LogP contribution in [-0.2, 0) is 4.79 Å². The van der Waals surface area contributed by atoms with Crippen molar-refractivity contribution in [2.75, 3.05) is 13.1 Å². The minimum Gasteiger partial charge on any atom is -0.481 e. The Morgan fingerprint density at radius 1 is 1.17 bits per heavy atom. The molecule has 0 N–H and O–H groups in total. The Labute approximate surface area is 147 Å². The lowest BCUT2D eigenvalue weighted by atomic mass is 9.99. The number of rotatable bonds is 4. The van der Waals surface area contributed by atoms with Gasteiger partial charge in [-0.05, 0) is 42.7 Å². The predicted octanol–water partition coefficient (Wildman–Crippen LogP) is 4.42. The maximum atomic E-state index is 12.6. The Morgan fingerprint density at radius 3 is 2.62 bits per heavy atom. The molecule has 1 unspecified atom stereocenters. The van der Waals surface area contributed by atoms with E-state index in [2.05, 4.69) is 18.2 Å². The van der Waals surface area contributed by atoms with Crippen molar-refractivity contribution in [1.29, 1.82) is 0 Å². The van der Waals surface area contributed by atoms with E-state index in [9.17, 15) is 4.79 Å². The summed E-state index contributed by atoms with van der Waals surface area (Å²) in [5.74, 6) is 0.610.